The van der Waals surface area contributed by atoms with E-state index in [-0.39, 0.29) is 5.91 Å². The number of nitrogens with one attached hydrogen (secondary N) is 1. The quantitative estimate of drug-likeness (QED) is 0.587. The Labute approximate surface area is 164 Å². The monoisotopic (exact) mass is 379 g/mol. The van der Waals surface area contributed by atoms with E-state index < -0.39 is 6.10 Å². The lowest BCUT2D eigenvalue weighted by Gasteiger charge is -2.17. The van der Waals surface area contributed by atoms with Crippen molar-refractivity contribution in [1.82, 2.24) is 0 Å². The summed E-state index contributed by atoms with van der Waals surface area (Å²) in [6.45, 7) is 5.58. The Kier molecular flexibility index (Phi) is 5.82. The number of aryl methyl sites for hydroxylation is 2. The van der Waals surface area contributed by atoms with Crippen LogP contribution in [0.25, 0.3) is 11.1 Å². The molecule has 0 heterocycles. The Hall–Kier alpha value is -2.78. The van der Waals surface area contributed by atoms with Crippen molar-refractivity contribution in [1.29, 1.82) is 0 Å². The van der Waals surface area contributed by atoms with E-state index in [1.807, 2.05) is 80.6 Å². The van der Waals surface area contributed by atoms with Crippen molar-refractivity contribution in [2.75, 3.05) is 5.32 Å². The summed E-state index contributed by atoms with van der Waals surface area (Å²) >= 11 is 6.20. The molecule has 0 radical (unpaired) electrons. The van der Waals surface area contributed by atoms with Crippen LogP contribution >= 0.6 is 11.6 Å². The van der Waals surface area contributed by atoms with E-state index in [9.17, 15) is 4.79 Å². The fraction of sp³-hybridized carbons (Fsp3) is 0.174. The van der Waals surface area contributed by atoms with Crippen LogP contribution in [0.1, 0.15) is 18.1 Å². The molecule has 0 saturated heterocycles. The number of benzene rings is 3. The zero-order valence-electron chi connectivity index (χ0n) is 15.6. The summed E-state index contributed by atoms with van der Waals surface area (Å²) in [5.74, 6) is 0.428. The first kappa shape index (κ1) is 19.0. The topological polar surface area (TPSA) is 38.3 Å². The molecule has 3 rings (SSSR count). The molecule has 3 nitrogen and oxygen atoms in total. The molecule has 3 aromatic rings. The number of hydrogen-bond donors (Lipinski definition) is 1. The first-order valence-corrected chi connectivity index (χ1v) is 9.22. The smallest absolute Gasteiger partial charge is 0.265 e. The van der Waals surface area contributed by atoms with E-state index in [1.165, 1.54) is 0 Å². The number of amides is 1. The maximum atomic E-state index is 12.7. The van der Waals surface area contributed by atoms with Gasteiger partial charge in [0, 0.05) is 16.3 Å². The maximum Gasteiger partial charge on any atom is 0.265 e. The number of ether oxygens (including phenoxy) is 1. The number of carbonyl (C=O) groups is 1. The van der Waals surface area contributed by atoms with Crippen LogP contribution < -0.4 is 10.1 Å². The van der Waals surface area contributed by atoms with Gasteiger partial charge in [-0.15, -0.1) is 0 Å². The van der Waals surface area contributed by atoms with Crippen LogP contribution in [-0.2, 0) is 4.79 Å². The highest BCUT2D eigenvalue weighted by molar-refractivity contribution is 6.32. The van der Waals surface area contributed by atoms with Crippen molar-refractivity contribution in [2.45, 2.75) is 26.9 Å². The molecule has 0 aliphatic heterocycles. The second-order valence-corrected chi connectivity index (χ2v) is 6.91. The fourth-order valence-electron chi connectivity index (χ4n) is 2.93. The predicted molar refractivity (Wildman–Crippen MR) is 112 cm³/mol. The van der Waals surface area contributed by atoms with Crippen LogP contribution in [0, 0.1) is 13.8 Å². The largest absolute Gasteiger partial charge is 0.481 e. The Morgan fingerprint density at radius 2 is 1.56 bits per heavy atom. The summed E-state index contributed by atoms with van der Waals surface area (Å²) in [6.07, 6.45) is -0.645. The van der Waals surface area contributed by atoms with E-state index in [0.717, 1.165) is 33.0 Å². The summed E-state index contributed by atoms with van der Waals surface area (Å²) < 4.78 is 5.84. The number of rotatable bonds is 5. The van der Waals surface area contributed by atoms with Crippen molar-refractivity contribution < 1.29 is 9.53 Å². The predicted octanol–water partition coefficient (Wildman–Crippen LogP) is 6.03. The van der Waals surface area contributed by atoms with Crippen molar-refractivity contribution in [2.24, 2.45) is 0 Å². The average Bonchev–Trinajstić information content (AvgIpc) is 2.67. The van der Waals surface area contributed by atoms with Gasteiger partial charge < -0.3 is 10.1 Å². The standard InChI is InChI=1S/C23H22ClNO2/c1-15-13-19(14-16(2)22(15)24)27-17(3)23(26)25-21-12-8-7-11-20(21)18-9-5-4-6-10-18/h4-14,17H,1-3H3,(H,25,26)/t17-/m0/s1. The second-order valence-electron chi connectivity index (χ2n) is 6.53. The van der Waals surface area contributed by atoms with Gasteiger partial charge in [0.2, 0.25) is 0 Å². The van der Waals surface area contributed by atoms with Gasteiger partial charge in [-0.1, -0.05) is 60.1 Å². The zero-order valence-corrected chi connectivity index (χ0v) is 16.4. The molecule has 0 unspecified atom stereocenters. The third-order valence-electron chi connectivity index (χ3n) is 4.36. The molecule has 0 saturated carbocycles. The number of halogens is 1. The van der Waals surface area contributed by atoms with Crippen molar-refractivity contribution in [3.63, 3.8) is 0 Å². The van der Waals surface area contributed by atoms with Crippen LogP contribution in [0.2, 0.25) is 5.02 Å². The summed E-state index contributed by atoms with van der Waals surface area (Å²) in [7, 11) is 0. The van der Waals surface area contributed by atoms with E-state index in [2.05, 4.69) is 5.32 Å². The molecular formula is C23H22ClNO2. The van der Waals surface area contributed by atoms with Gasteiger partial charge in [0.15, 0.2) is 6.10 Å². The van der Waals surface area contributed by atoms with Crippen LogP contribution in [0.5, 0.6) is 5.75 Å². The number of para-hydroxylation sites is 1. The van der Waals surface area contributed by atoms with E-state index in [1.54, 1.807) is 6.92 Å². The molecule has 27 heavy (non-hydrogen) atoms. The molecule has 0 fully saturated rings. The van der Waals surface area contributed by atoms with E-state index in [0.29, 0.717) is 5.75 Å². The van der Waals surface area contributed by atoms with E-state index >= 15 is 0 Å². The molecule has 138 valence electrons. The highest BCUT2D eigenvalue weighted by atomic mass is 35.5. The van der Waals surface area contributed by atoms with Crippen LogP contribution in [0.15, 0.2) is 66.7 Å². The van der Waals surface area contributed by atoms with E-state index in [4.69, 9.17) is 16.3 Å². The first-order chi connectivity index (χ1) is 13.0. The fourth-order valence-corrected chi connectivity index (χ4v) is 3.04. The lowest BCUT2D eigenvalue weighted by atomic mass is 10.0. The van der Waals surface area contributed by atoms with Gasteiger partial charge in [0.05, 0.1) is 0 Å². The van der Waals surface area contributed by atoms with Gasteiger partial charge in [0.1, 0.15) is 5.75 Å². The Balaban J connectivity index is 1.76. The van der Waals surface area contributed by atoms with Crippen molar-refractivity contribution >= 4 is 23.2 Å². The van der Waals surface area contributed by atoms with Gasteiger partial charge in [-0.2, -0.15) is 0 Å². The molecule has 0 aliphatic carbocycles. The Bertz CT molecular complexity index is 931. The molecule has 0 spiro atoms. The first-order valence-electron chi connectivity index (χ1n) is 8.84. The minimum atomic E-state index is -0.645. The molecule has 3 aromatic carbocycles. The molecule has 1 amide bonds. The van der Waals surface area contributed by atoms with Gasteiger partial charge in [-0.25, -0.2) is 0 Å². The summed E-state index contributed by atoms with van der Waals surface area (Å²) in [4.78, 5) is 12.7. The van der Waals surface area contributed by atoms with Gasteiger partial charge in [0.25, 0.3) is 5.91 Å². The molecule has 0 bridgehead atoms. The maximum absolute atomic E-state index is 12.7. The molecule has 0 aromatic heterocycles. The normalized spacial score (nSPS) is 11.7. The Morgan fingerprint density at radius 3 is 2.22 bits per heavy atom. The molecular weight excluding hydrogens is 358 g/mol. The van der Waals surface area contributed by atoms with Gasteiger partial charge in [-0.05, 0) is 55.7 Å². The van der Waals surface area contributed by atoms with Crippen LogP contribution in [-0.4, -0.2) is 12.0 Å². The second kappa shape index (κ2) is 8.28. The summed E-state index contributed by atoms with van der Waals surface area (Å²) in [6, 6.07) is 21.4. The molecule has 1 N–H and O–H groups in total. The van der Waals surface area contributed by atoms with Gasteiger partial charge in [-0.3, -0.25) is 4.79 Å². The SMILES string of the molecule is Cc1cc(O[C@@H](C)C(=O)Nc2ccccc2-c2ccccc2)cc(C)c1Cl. The highest BCUT2D eigenvalue weighted by Crippen LogP contribution is 2.29. The summed E-state index contributed by atoms with van der Waals surface area (Å²) in [5.41, 5.74) is 4.62. The number of hydrogen-bond acceptors (Lipinski definition) is 2. The third-order valence-corrected chi connectivity index (χ3v) is 4.96. The van der Waals surface area contributed by atoms with Crippen LogP contribution in [0.4, 0.5) is 5.69 Å². The third kappa shape index (κ3) is 4.50. The average molecular weight is 380 g/mol. The Morgan fingerprint density at radius 1 is 0.963 bits per heavy atom. The highest BCUT2D eigenvalue weighted by Gasteiger charge is 2.17. The molecule has 1 atom stereocenters. The lowest BCUT2D eigenvalue weighted by molar-refractivity contribution is -0.122. The lowest BCUT2D eigenvalue weighted by Crippen LogP contribution is -2.30. The minimum Gasteiger partial charge on any atom is -0.481 e. The zero-order chi connectivity index (χ0) is 19.4. The van der Waals surface area contributed by atoms with Gasteiger partial charge >= 0.3 is 0 Å². The number of carbonyl (C=O) groups excluding carboxylic acids is 1. The summed E-state index contributed by atoms with van der Waals surface area (Å²) in [5, 5.41) is 3.70. The number of anilines is 1. The van der Waals surface area contributed by atoms with Crippen LogP contribution in [0.3, 0.4) is 0 Å². The van der Waals surface area contributed by atoms with Crippen molar-refractivity contribution in [3.8, 4) is 16.9 Å². The minimum absolute atomic E-state index is 0.205. The van der Waals surface area contributed by atoms with Crippen molar-refractivity contribution in [3.05, 3.63) is 82.9 Å². The molecule has 4 heteroatoms. The molecule has 0 aliphatic rings.